The zero-order chi connectivity index (χ0) is 30.1. The van der Waals surface area contributed by atoms with E-state index >= 15 is 0 Å². The number of sulfonamides is 1. The molecule has 0 aliphatic rings. The van der Waals surface area contributed by atoms with Crippen LogP contribution in [0.4, 0.5) is 10.1 Å². The lowest BCUT2D eigenvalue weighted by atomic mass is 10.0. The van der Waals surface area contributed by atoms with E-state index < -0.39 is 40.2 Å². The van der Waals surface area contributed by atoms with Crippen molar-refractivity contribution in [1.82, 2.24) is 10.2 Å². The lowest BCUT2D eigenvalue weighted by Crippen LogP contribution is -2.53. The van der Waals surface area contributed by atoms with Crippen molar-refractivity contribution in [1.29, 1.82) is 0 Å². The molecule has 0 radical (unpaired) electrons. The molecule has 0 aromatic heterocycles. The molecule has 0 saturated heterocycles. The molecule has 4 rings (SSSR count). The summed E-state index contributed by atoms with van der Waals surface area (Å²) in [5, 5.41) is 2.79. The zero-order valence-corrected chi connectivity index (χ0v) is 24.4. The fourth-order valence-electron chi connectivity index (χ4n) is 4.62. The van der Waals surface area contributed by atoms with E-state index in [2.05, 4.69) is 5.32 Å². The molecule has 4 aromatic rings. The van der Waals surface area contributed by atoms with Crippen LogP contribution < -0.4 is 9.62 Å². The van der Waals surface area contributed by atoms with Crippen LogP contribution in [0.1, 0.15) is 23.6 Å². The van der Waals surface area contributed by atoms with Gasteiger partial charge in [-0.05, 0) is 49.7 Å². The number of carbonyl (C=O) groups is 2. The number of hydrogen-bond acceptors (Lipinski definition) is 4. The Morgan fingerprint density at radius 2 is 1.43 bits per heavy atom. The number of amides is 2. The molecule has 2 amide bonds. The molecular weight excluding hydrogens is 553 g/mol. The van der Waals surface area contributed by atoms with Gasteiger partial charge in [0.15, 0.2) is 0 Å². The van der Waals surface area contributed by atoms with Gasteiger partial charge in [-0.15, -0.1) is 0 Å². The average molecular weight is 588 g/mol. The number of carbonyl (C=O) groups excluding carboxylic acids is 2. The van der Waals surface area contributed by atoms with Gasteiger partial charge in [-0.3, -0.25) is 13.9 Å². The highest BCUT2D eigenvalue weighted by molar-refractivity contribution is 7.92. The van der Waals surface area contributed by atoms with Crippen LogP contribution in [0.5, 0.6) is 0 Å². The molecule has 1 atom stereocenters. The molecule has 9 heteroatoms. The van der Waals surface area contributed by atoms with Crippen LogP contribution in [0.15, 0.2) is 114 Å². The highest BCUT2D eigenvalue weighted by Gasteiger charge is 2.34. The third-order valence-electron chi connectivity index (χ3n) is 6.85. The van der Waals surface area contributed by atoms with Gasteiger partial charge in [-0.2, -0.15) is 0 Å². The summed E-state index contributed by atoms with van der Waals surface area (Å²) in [7, 11) is -4.18. The van der Waals surface area contributed by atoms with E-state index in [1.807, 2.05) is 37.3 Å². The third-order valence-corrected chi connectivity index (χ3v) is 8.64. The minimum Gasteiger partial charge on any atom is -0.355 e. The molecule has 0 aliphatic heterocycles. The number of rotatable bonds is 12. The summed E-state index contributed by atoms with van der Waals surface area (Å²) in [6.07, 6.45) is 0.156. The van der Waals surface area contributed by atoms with Crippen molar-refractivity contribution in [2.75, 3.05) is 17.4 Å². The van der Waals surface area contributed by atoms with E-state index in [1.54, 1.807) is 67.6 Å². The van der Waals surface area contributed by atoms with Crippen molar-refractivity contribution in [3.8, 4) is 0 Å². The van der Waals surface area contributed by atoms with E-state index in [0.29, 0.717) is 6.54 Å². The van der Waals surface area contributed by atoms with Crippen LogP contribution in [-0.4, -0.2) is 44.3 Å². The first-order chi connectivity index (χ1) is 20.2. The second-order valence-corrected chi connectivity index (χ2v) is 11.7. The maximum atomic E-state index is 14.9. The number of anilines is 1. The fourth-order valence-corrected chi connectivity index (χ4v) is 6.03. The average Bonchev–Trinajstić information content (AvgIpc) is 2.99. The highest BCUT2D eigenvalue weighted by atomic mass is 32.2. The Balaban J connectivity index is 1.78. The molecule has 0 unspecified atom stereocenters. The number of hydrogen-bond donors (Lipinski definition) is 1. The summed E-state index contributed by atoms with van der Waals surface area (Å²) >= 11 is 0. The van der Waals surface area contributed by atoms with Gasteiger partial charge in [0.25, 0.3) is 10.0 Å². The smallest absolute Gasteiger partial charge is 0.264 e. The standard InChI is InChI=1S/C33H34FN3O4S/c1-3-35-33(39)31(22-26-12-6-4-7-13-26)36(23-27-14-10-11-17-30(27)34)32(38)24-37(28-15-8-5-9-16-28)42(40,41)29-20-18-25(2)19-21-29/h4-21,31H,3,22-24H2,1-2H3,(H,35,39)/t31-/m1/s1. The summed E-state index contributed by atoms with van der Waals surface area (Å²) in [5.41, 5.74) is 2.18. The predicted molar refractivity (Wildman–Crippen MR) is 162 cm³/mol. The van der Waals surface area contributed by atoms with Crippen molar-refractivity contribution in [2.24, 2.45) is 0 Å². The van der Waals surface area contributed by atoms with Crippen LogP contribution >= 0.6 is 0 Å². The topological polar surface area (TPSA) is 86.8 Å². The second-order valence-electron chi connectivity index (χ2n) is 9.87. The summed E-state index contributed by atoms with van der Waals surface area (Å²) in [5.74, 6) is -1.60. The van der Waals surface area contributed by atoms with E-state index in [4.69, 9.17) is 0 Å². The largest absolute Gasteiger partial charge is 0.355 e. The highest BCUT2D eigenvalue weighted by Crippen LogP contribution is 2.25. The lowest BCUT2D eigenvalue weighted by Gasteiger charge is -2.34. The molecule has 4 aromatic carbocycles. The quantitative estimate of drug-likeness (QED) is 0.250. The number of likely N-dealkylation sites (N-methyl/N-ethyl adjacent to an activating group) is 1. The molecule has 7 nitrogen and oxygen atoms in total. The van der Waals surface area contributed by atoms with E-state index in [-0.39, 0.29) is 29.1 Å². The minimum absolute atomic E-state index is 0.0231. The second kappa shape index (κ2) is 13.9. The maximum absolute atomic E-state index is 14.9. The fraction of sp³-hybridized carbons (Fsp3) is 0.212. The number of halogens is 1. The van der Waals surface area contributed by atoms with Crippen LogP contribution in [0.2, 0.25) is 0 Å². The van der Waals surface area contributed by atoms with Crippen molar-refractivity contribution in [3.05, 3.63) is 132 Å². The molecule has 0 heterocycles. The minimum atomic E-state index is -4.18. The van der Waals surface area contributed by atoms with Gasteiger partial charge in [0.2, 0.25) is 11.8 Å². The molecule has 0 bridgehead atoms. The Hall–Kier alpha value is -4.50. The van der Waals surface area contributed by atoms with Gasteiger partial charge in [-0.1, -0.05) is 84.4 Å². The number of nitrogens with zero attached hydrogens (tertiary/aromatic N) is 2. The summed E-state index contributed by atoms with van der Waals surface area (Å²) < 4.78 is 43.8. The number of para-hydroxylation sites is 1. The van der Waals surface area contributed by atoms with E-state index in [1.165, 1.54) is 23.1 Å². The van der Waals surface area contributed by atoms with Crippen molar-refractivity contribution in [3.63, 3.8) is 0 Å². The van der Waals surface area contributed by atoms with Crippen molar-refractivity contribution >= 4 is 27.5 Å². The van der Waals surface area contributed by atoms with Gasteiger partial charge < -0.3 is 10.2 Å². The Morgan fingerprint density at radius 1 is 0.833 bits per heavy atom. The van der Waals surface area contributed by atoms with E-state index in [0.717, 1.165) is 15.4 Å². The monoisotopic (exact) mass is 587 g/mol. The predicted octanol–water partition coefficient (Wildman–Crippen LogP) is 5.11. The Labute approximate surface area is 246 Å². The van der Waals surface area contributed by atoms with Crippen molar-refractivity contribution < 1.29 is 22.4 Å². The first-order valence-electron chi connectivity index (χ1n) is 13.7. The molecule has 0 spiro atoms. The normalized spacial score (nSPS) is 11.9. The zero-order valence-electron chi connectivity index (χ0n) is 23.6. The van der Waals surface area contributed by atoms with Crippen LogP contribution in [-0.2, 0) is 32.6 Å². The number of nitrogens with one attached hydrogen (secondary N) is 1. The SMILES string of the molecule is CCNC(=O)[C@@H](Cc1ccccc1)N(Cc1ccccc1F)C(=O)CN(c1ccccc1)S(=O)(=O)c1ccc(C)cc1. The van der Waals surface area contributed by atoms with Gasteiger partial charge in [-0.25, -0.2) is 12.8 Å². The van der Waals surface area contributed by atoms with Gasteiger partial charge in [0.05, 0.1) is 10.6 Å². The molecule has 1 N–H and O–H groups in total. The van der Waals surface area contributed by atoms with Gasteiger partial charge in [0, 0.05) is 25.1 Å². The lowest BCUT2D eigenvalue weighted by molar-refractivity contribution is -0.140. The first kappa shape index (κ1) is 30.5. The van der Waals surface area contributed by atoms with Gasteiger partial charge >= 0.3 is 0 Å². The molecular formula is C33H34FN3O4S. The molecule has 0 saturated carbocycles. The van der Waals surface area contributed by atoms with Crippen LogP contribution in [0, 0.1) is 12.7 Å². The maximum Gasteiger partial charge on any atom is 0.264 e. The molecule has 218 valence electrons. The summed E-state index contributed by atoms with van der Waals surface area (Å²) in [4.78, 5) is 29.0. The summed E-state index contributed by atoms with van der Waals surface area (Å²) in [6, 6.07) is 28.9. The van der Waals surface area contributed by atoms with Crippen LogP contribution in [0.25, 0.3) is 0 Å². The Morgan fingerprint density at radius 3 is 2.05 bits per heavy atom. The third kappa shape index (κ3) is 7.41. The molecule has 0 aliphatic carbocycles. The van der Waals surface area contributed by atoms with E-state index in [9.17, 15) is 22.4 Å². The number of aryl methyl sites for hydroxylation is 1. The van der Waals surface area contributed by atoms with Crippen molar-refractivity contribution in [2.45, 2.75) is 37.8 Å². The van der Waals surface area contributed by atoms with Gasteiger partial charge in [0.1, 0.15) is 18.4 Å². The Kier molecular flexibility index (Phi) is 10.1. The Bertz CT molecular complexity index is 1600. The van der Waals surface area contributed by atoms with Crippen LogP contribution in [0.3, 0.4) is 0 Å². The number of benzene rings is 4. The molecule has 42 heavy (non-hydrogen) atoms. The summed E-state index contributed by atoms with van der Waals surface area (Å²) in [6.45, 7) is 3.12. The first-order valence-corrected chi connectivity index (χ1v) is 15.1. The molecule has 0 fully saturated rings.